The Morgan fingerprint density at radius 3 is 2.50 bits per heavy atom. The quantitative estimate of drug-likeness (QED) is 0.829. The fraction of sp³-hybridized carbons (Fsp3) is 0.667. The first-order valence-electron chi connectivity index (χ1n) is 6.92. The number of allylic oxidation sites excluding steroid dienone is 1. The second-order valence-electron chi connectivity index (χ2n) is 6.34. The number of aromatic nitrogens is 2. The van der Waals surface area contributed by atoms with E-state index in [1.807, 2.05) is 6.08 Å². The number of anilines is 1. The van der Waals surface area contributed by atoms with Crippen molar-refractivity contribution >= 4 is 5.82 Å². The Labute approximate surface area is 110 Å². The average Bonchev–Trinajstić information content (AvgIpc) is 2.87. The summed E-state index contributed by atoms with van der Waals surface area (Å²) in [5.41, 5.74) is 7.47. The molecule has 1 aromatic rings. The van der Waals surface area contributed by atoms with Gasteiger partial charge in [0.2, 0.25) is 0 Å². The Morgan fingerprint density at radius 1 is 1.39 bits per heavy atom. The van der Waals surface area contributed by atoms with Crippen LogP contribution in [0.15, 0.2) is 12.7 Å². The largest absolute Gasteiger partial charge is 0.384 e. The van der Waals surface area contributed by atoms with Crippen LogP contribution in [0.5, 0.6) is 0 Å². The van der Waals surface area contributed by atoms with E-state index in [1.165, 1.54) is 25.7 Å². The molecule has 1 aliphatic rings. The molecule has 0 aliphatic heterocycles. The van der Waals surface area contributed by atoms with E-state index >= 15 is 0 Å². The van der Waals surface area contributed by atoms with E-state index in [0.717, 1.165) is 23.9 Å². The first kappa shape index (κ1) is 13.2. The second kappa shape index (κ2) is 4.79. The molecular formula is C15H25N3. The predicted octanol–water partition coefficient (Wildman–Crippen LogP) is 3.61. The molecule has 0 saturated heterocycles. The number of imidazole rings is 1. The van der Waals surface area contributed by atoms with Gasteiger partial charge < -0.3 is 10.3 Å². The van der Waals surface area contributed by atoms with Crippen LogP contribution in [0.1, 0.15) is 63.9 Å². The third-order valence-electron chi connectivity index (χ3n) is 3.76. The first-order valence-corrected chi connectivity index (χ1v) is 6.92. The molecule has 18 heavy (non-hydrogen) atoms. The topological polar surface area (TPSA) is 43.8 Å². The van der Waals surface area contributed by atoms with Gasteiger partial charge in [0.15, 0.2) is 0 Å². The maximum absolute atomic E-state index is 6.32. The van der Waals surface area contributed by atoms with Gasteiger partial charge in [-0.3, -0.25) is 0 Å². The van der Waals surface area contributed by atoms with Gasteiger partial charge in [0.05, 0.1) is 5.69 Å². The number of nitrogen functional groups attached to an aromatic ring is 1. The van der Waals surface area contributed by atoms with Crippen molar-refractivity contribution in [3.8, 4) is 0 Å². The highest BCUT2D eigenvalue weighted by atomic mass is 15.2. The van der Waals surface area contributed by atoms with E-state index < -0.39 is 0 Å². The van der Waals surface area contributed by atoms with Gasteiger partial charge in [0.1, 0.15) is 11.6 Å². The summed E-state index contributed by atoms with van der Waals surface area (Å²) in [6, 6.07) is 0. The van der Waals surface area contributed by atoms with E-state index in [4.69, 9.17) is 10.7 Å². The molecule has 3 heteroatoms. The van der Waals surface area contributed by atoms with E-state index in [0.29, 0.717) is 5.92 Å². The molecule has 1 heterocycles. The summed E-state index contributed by atoms with van der Waals surface area (Å²) in [6.07, 6.45) is 6.98. The Kier molecular flexibility index (Phi) is 3.51. The fourth-order valence-electron chi connectivity index (χ4n) is 2.87. The SMILES string of the molecule is C=CCn1c(C(C)(C)C)nc(C2CCCC2)c1N. The highest BCUT2D eigenvalue weighted by molar-refractivity contribution is 5.42. The van der Waals surface area contributed by atoms with Crippen molar-refractivity contribution in [2.24, 2.45) is 0 Å². The van der Waals surface area contributed by atoms with Crippen molar-refractivity contribution in [2.75, 3.05) is 5.73 Å². The molecule has 2 rings (SSSR count). The fourth-order valence-corrected chi connectivity index (χ4v) is 2.87. The molecule has 2 N–H and O–H groups in total. The molecule has 100 valence electrons. The number of hydrogen-bond donors (Lipinski definition) is 1. The zero-order valence-corrected chi connectivity index (χ0v) is 11.9. The molecule has 1 fully saturated rings. The van der Waals surface area contributed by atoms with Crippen molar-refractivity contribution in [1.29, 1.82) is 0 Å². The molecule has 0 unspecified atom stereocenters. The van der Waals surface area contributed by atoms with E-state index in [-0.39, 0.29) is 5.41 Å². The number of hydrogen-bond acceptors (Lipinski definition) is 2. The molecule has 1 aromatic heterocycles. The van der Waals surface area contributed by atoms with Crippen LogP contribution in [0.3, 0.4) is 0 Å². The van der Waals surface area contributed by atoms with Crippen LogP contribution in [0.2, 0.25) is 0 Å². The summed E-state index contributed by atoms with van der Waals surface area (Å²) < 4.78 is 2.13. The van der Waals surface area contributed by atoms with Gasteiger partial charge >= 0.3 is 0 Å². The van der Waals surface area contributed by atoms with Gasteiger partial charge in [-0.1, -0.05) is 39.7 Å². The molecule has 1 saturated carbocycles. The van der Waals surface area contributed by atoms with Crippen LogP contribution < -0.4 is 5.73 Å². The number of rotatable bonds is 3. The summed E-state index contributed by atoms with van der Waals surface area (Å²) >= 11 is 0. The van der Waals surface area contributed by atoms with Gasteiger partial charge in [0, 0.05) is 17.9 Å². The van der Waals surface area contributed by atoms with Crippen molar-refractivity contribution in [2.45, 2.75) is 64.3 Å². The Bertz CT molecular complexity index is 431. The lowest BCUT2D eigenvalue weighted by Gasteiger charge is -2.19. The summed E-state index contributed by atoms with van der Waals surface area (Å²) in [7, 11) is 0. The minimum absolute atomic E-state index is 0.0218. The van der Waals surface area contributed by atoms with Crippen LogP contribution in [-0.2, 0) is 12.0 Å². The molecule has 3 nitrogen and oxygen atoms in total. The molecule has 0 amide bonds. The number of nitrogens with two attached hydrogens (primary N) is 1. The van der Waals surface area contributed by atoms with E-state index in [9.17, 15) is 0 Å². The highest BCUT2D eigenvalue weighted by Gasteiger charge is 2.29. The van der Waals surface area contributed by atoms with Gasteiger partial charge in [0.25, 0.3) is 0 Å². The van der Waals surface area contributed by atoms with E-state index in [1.54, 1.807) is 0 Å². The van der Waals surface area contributed by atoms with Crippen LogP contribution in [0.25, 0.3) is 0 Å². The summed E-state index contributed by atoms with van der Waals surface area (Å²) in [6.45, 7) is 11.1. The van der Waals surface area contributed by atoms with Crippen molar-refractivity contribution in [3.63, 3.8) is 0 Å². The standard InChI is InChI=1S/C15H25N3/c1-5-10-18-13(16)12(11-8-6-7-9-11)17-14(18)15(2,3)4/h5,11H,1,6-10,16H2,2-4H3. The molecule has 0 spiro atoms. The molecule has 0 radical (unpaired) electrons. The number of nitrogens with zero attached hydrogens (tertiary/aromatic N) is 2. The Morgan fingerprint density at radius 2 is 2.00 bits per heavy atom. The van der Waals surface area contributed by atoms with Crippen LogP contribution >= 0.6 is 0 Å². The van der Waals surface area contributed by atoms with Gasteiger partial charge in [-0.05, 0) is 12.8 Å². The first-order chi connectivity index (χ1) is 8.45. The van der Waals surface area contributed by atoms with Gasteiger partial charge in [-0.15, -0.1) is 6.58 Å². The lowest BCUT2D eigenvalue weighted by atomic mass is 9.95. The molecule has 0 bridgehead atoms. The normalized spacial score (nSPS) is 17.3. The van der Waals surface area contributed by atoms with Crippen LogP contribution in [0, 0.1) is 0 Å². The zero-order valence-electron chi connectivity index (χ0n) is 11.9. The van der Waals surface area contributed by atoms with Crippen molar-refractivity contribution < 1.29 is 0 Å². The smallest absolute Gasteiger partial charge is 0.127 e. The van der Waals surface area contributed by atoms with Crippen molar-refractivity contribution in [1.82, 2.24) is 9.55 Å². The maximum atomic E-state index is 6.32. The van der Waals surface area contributed by atoms with Crippen molar-refractivity contribution in [3.05, 3.63) is 24.2 Å². The summed E-state index contributed by atoms with van der Waals surface area (Å²) in [5, 5.41) is 0. The minimum atomic E-state index is 0.0218. The maximum Gasteiger partial charge on any atom is 0.127 e. The molecule has 0 atom stereocenters. The highest BCUT2D eigenvalue weighted by Crippen LogP contribution is 2.38. The van der Waals surface area contributed by atoms with Crippen LogP contribution in [-0.4, -0.2) is 9.55 Å². The monoisotopic (exact) mass is 247 g/mol. The van der Waals surface area contributed by atoms with Gasteiger partial charge in [-0.2, -0.15) is 0 Å². The lowest BCUT2D eigenvalue weighted by Crippen LogP contribution is -2.19. The van der Waals surface area contributed by atoms with Gasteiger partial charge in [-0.25, -0.2) is 4.98 Å². The average molecular weight is 247 g/mol. The second-order valence-corrected chi connectivity index (χ2v) is 6.34. The lowest BCUT2D eigenvalue weighted by molar-refractivity contribution is 0.514. The Balaban J connectivity index is 2.45. The Hall–Kier alpha value is -1.25. The summed E-state index contributed by atoms with van der Waals surface area (Å²) in [5.74, 6) is 2.51. The summed E-state index contributed by atoms with van der Waals surface area (Å²) in [4.78, 5) is 4.87. The third kappa shape index (κ3) is 2.31. The molecule has 1 aliphatic carbocycles. The minimum Gasteiger partial charge on any atom is -0.384 e. The zero-order chi connectivity index (χ0) is 13.3. The van der Waals surface area contributed by atoms with E-state index in [2.05, 4.69) is 31.9 Å². The predicted molar refractivity (Wildman–Crippen MR) is 76.7 cm³/mol. The third-order valence-corrected chi connectivity index (χ3v) is 3.76. The molecule has 0 aromatic carbocycles. The molecular weight excluding hydrogens is 222 g/mol. The van der Waals surface area contributed by atoms with Crippen LogP contribution in [0.4, 0.5) is 5.82 Å².